The number of nitrogens with zero attached hydrogens (tertiary/aromatic N) is 3. The van der Waals surface area contributed by atoms with Gasteiger partial charge in [0.25, 0.3) is 0 Å². The van der Waals surface area contributed by atoms with Crippen LogP contribution in [0.5, 0.6) is 0 Å². The van der Waals surface area contributed by atoms with Crippen molar-refractivity contribution in [2.75, 3.05) is 12.4 Å². The smallest absolute Gasteiger partial charge is 0.242 e. The fourth-order valence-electron chi connectivity index (χ4n) is 1.76. The predicted molar refractivity (Wildman–Crippen MR) is 64.0 cm³/mol. The molecule has 7 nitrogen and oxygen atoms in total. The summed E-state index contributed by atoms with van der Waals surface area (Å²) in [6, 6.07) is 0. The van der Waals surface area contributed by atoms with Gasteiger partial charge in [-0.05, 0) is 11.6 Å². The van der Waals surface area contributed by atoms with Crippen LogP contribution in [0.4, 0.5) is 5.13 Å². The van der Waals surface area contributed by atoms with E-state index in [-0.39, 0.29) is 15.5 Å². The summed E-state index contributed by atoms with van der Waals surface area (Å²) >= 11 is 6.55. The van der Waals surface area contributed by atoms with E-state index in [1.807, 2.05) is 0 Å². The maximum atomic E-state index is 11.9. The van der Waals surface area contributed by atoms with Gasteiger partial charge in [-0.1, -0.05) is 18.3 Å². The number of hydrogen-bond donors (Lipinski definition) is 1. The molecular formula is C9H9ClN4O3S. The molecule has 0 spiro atoms. The first-order valence-electron chi connectivity index (χ1n) is 5.03. The van der Waals surface area contributed by atoms with Crippen LogP contribution in [0.2, 0.25) is 4.47 Å². The first-order chi connectivity index (χ1) is 8.41. The fraction of sp³-hybridized carbons (Fsp3) is 0.444. The van der Waals surface area contributed by atoms with Crippen LogP contribution >= 0.6 is 22.9 Å². The number of carbonyl (C=O) groups excluding carboxylic acids is 3. The highest BCUT2D eigenvalue weighted by Crippen LogP contribution is 2.27. The largest absolute Gasteiger partial charge is 0.300 e. The number of anilines is 1. The molecule has 1 aromatic heterocycles. The number of hydrogen-bond acceptors (Lipinski definition) is 6. The summed E-state index contributed by atoms with van der Waals surface area (Å²) in [5.74, 6) is -3.15. The Morgan fingerprint density at radius 3 is 2.50 bits per heavy atom. The minimum atomic E-state index is -1.02. The van der Waals surface area contributed by atoms with Gasteiger partial charge in [-0.2, -0.15) is 0 Å². The van der Waals surface area contributed by atoms with Crippen LogP contribution in [0.15, 0.2) is 0 Å². The van der Waals surface area contributed by atoms with Crippen LogP contribution in [0, 0.1) is 11.8 Å². The summed E-state index contributed by atoms with van der Waals surface area (Å²) in [5.41, 5.74) is 0. The second-order valence-electron chi connectivity index (χ2n) is 3.85. The van der Waals surface area contributed by atoms with Crippen molar-refractivity contribution >= 4 is 45.8 Å². The molecule has 0 bridgehead atoms. The minimum Gasteiger partial charge on any atom is -0.300 e. The Hall–Kier alpha value is -1.54. The minimum absolute atomic E-state index is 0.185. The number of likely N-dealkylation sites (tertiary alicyclic amines) is 1. The average Bonchev–Trinajstić information content (AvgIpc) is 2.79. The molecule has 1 aromatic rings. The second kappa shape index (κ2) is 4.62. The standard InChI is InChI=1S/C9H9ClN4O3S/c1-3-4(7(17)14(2)6(3)16)5(15)11-9-13-12-8(10)18-9/h3-4H,1-2H3,(H,11,13,15). The molecular weight excluding hydrogens is 280 g/mol. The Balaban J connectivity index is 2.14. The predicted octanol–water partition coefficient (Wildman–Crippen LogP) is 0.381. The number of rotatable bonds is 2. The Morgan fingerprint density at radius 2 is 2.06 bits per heavy atom. The molecule has 1 aliphatic rings. The molecule has 0 saturated carbocycles. The third kappa shape index (κ3) is 2.08. The fourth-order valence-corrected chi connectivity index (χ4v) is 2.49. The molecule has 9 heteroatoms. The van der Waals surface area contributed by atoms with Gasteiger partial charge in [0.05, 0.1) is 5.92 Å². The molecule has 2 unspecified atom stereocenters. The van der Waals surface area contributed by atoms with E-state index in [2.05, 4.69) is 15.5 Å². The van der Waals surface area contributed by atoms with Crippen molar-refractivity contribution in [3.63, 3.8) is 0 Å². The molecule has 1 N–H and O–H groups in total. The number of amides is 3. The van der Waals surface area contributed by atoms with Gasteiger partial charge in [-0.15, -0.1) is 10.2 Å². The van der Waals surface area contributed by atoms with Crippen LogP contribution in [-0.2, 0) is 14.4 Å². The molecule has 18 heavy (non-hydrogen) atoms. The Bertz CT molecular complexity index is 532. The van der Waals surface area contributed by atoms with E-state index < -0.39 is 23.7 Å². The average molecular weight is 289 g/mol. The van der Waals surface area contributed by atoms with Crippen LogP contribution in [-0.4, -0.2) is 39.9 Å². The first-order valence-corrected chi connectivity index (χ1v) is 6.22. The van der Waals surface area contributed by atoms with Gasteiger partial charge in [-0.25, -0.2) is 0 Å². The van der Waals surface area contributed by atoms with Gasteiger partial charge in [0.1, 0.15) is 5.92 Å². The van der Waals surface area contributed by atoms with Crippen molar-refractivity contribution < 1.29 is 14.4 Å². The van der Waals surface area contributed by atoms with E-state index >= 15 is 0 Å². The molecule has 1 aliphatic heterocycles. The highest BCUT2D eigenvalue weighted by Gasteiger charge is 2.47. The third-order valence-corrected chi connectivity index (χ3v) is 3.66. The Kier molecular flexibility index (Phi) is 3.31. The molecule has 0 aliphatic carbocycles. The summed E-state index contributed by atoms with van der Waals surface area (Å²) in [6.45, 7) is 1.54. The van der Waals surface area contributed by atoms with Crippen LogP contribution in [0.3, 0.4) is 0 Å². The monoisotopic (exact) mass is 288 g/mol. The number of imide groups is 1. The van der Waals surface area contributed by atoms with Crippen LogP contribution in [0.25, 0.3) is 0 Å². The molecule has 1 saturated heterocycles. The van der Waals surface area contributed by atoms with Crippen molar-refractivity contribution in [2.45, 2.75) is 6.92 Å². The molecule has 1 fully saturated rings. The number of nitrogens with one attached hydrogen (secondary N) is 1. The lowest BCUT2D eigenvalue weighted by atomic mass is 9.96. The zero-order valence-corrected chi connectivity index (χ0v) is 11.1. The lowest BCUT2D eigenvalue weighted by Gasteiger charge is -2.09. The second-order valence-corrected chi connectivity index (χ2v) is 5.41. The van der Waals surface area contributed by atoms with Crippen molar-refractivity contribution in [3.8, 4) is 0 Å². The summed E-state index contributed by atoms with van der Waals surface area (Å²) < 4.78 is 0.185. The van der Waals surface area contributed by atoms with E-state index in [1.165, 1.54) is 7.05 Å². The van der Waals surface area contributed by atoms with Gasteiger partial charge in [0.2, 0.25) is 27.3 Å². The molecule has 2 rings (SSSR count). The topological polar surface area (TPSA) is 92.3 Å². The molecule has 3 amide bonds. The molecule has 2 heterocycles. The van der Waals surface area contributed by atoms with Gasteiger partial charge in [0.15, 0.2) is 0 Å². The SMILES string of the molecule is CC1C(=O)N(C)C(=O)C1C(=O)Nc1nnc(Cl)s1. The maximum absolute atomic E-state index is 11.9. The number of carbonyl (C=O) groups is 3. The lowest BCUT2D eigenvalue weighted by Crippen LogP contribution is -2.32. The van der Waals surface area contributed by atoms with E-state index in [0.717, 1.165) is 16.2 Å². The van der Waals surface area contributed by atoms with Gasteiger partial charge in [0, 0.05) is 7.05 Å². The van der Waals surface area contributed by atoms with Gasteiger partial charge in [-0.3, -0.25) is 24.6 Å². The van der Waals surface area contributed by atoms with Crippen LogP contribution in [0.1, 0.15) is 6.92 Å². The summed E-state index contributed by atoms with van der Waals surface area (Å²) in [5, 5.41) is 9.76. The zero-order valence-electron chi connectivity index (χ0n) is 9.51. The Labute approximate surface area is 111 Å². The molecule has 96 valence electrons. The van der Waals surface area contributed by atoms with E-state index in [0.29, 0.717) is 0 Å². The number of aromatic nitrogens is 2. The van der Waals surface area contributed by atoms with Gasteiger partial charge < -0.3 is 0 Å². The maximum Gasteiger partial charge on any atom is 0.242 e. The van der Waals surface area contributed by atoms with Crippen molar-refractivity contribution in [3.05, 3.63) is 4.47 Å². The zero-order chi connectivity index (χ0) is 13.4. The first kappa shape index (κ1) is 12.9. The highest BCUT2D eigenvalue weighted by atomic mass is 35.5. The highest BCUT2D eigenvalue weighted by molar-refractivity contribution is 7.19. The summed E-state index contributed by atoms with van der Waals surface area (Å²) in [4.78, 5) is 36.2. The van der Waals surface area contributed by atoms with Crippen molar-refractivity contribution in [1.29, 1.82) is 0 Å². The third-order valence-electron chi connectivity index (χ3n) is 2.73. The van der Waals surface area contributed by atoms with Gasteiger partial charge >= 0.3 is 0 Å². The molecule has 0 radical (unpaired) electrons. The van der Waals surface area contributed by atoms with Crippen molar-refractivity contribution in [1.82, 2.24) is 15.1 Å². The molecule has 2 atom stereocenters. The number of halogens is 1. The summed E-state index contributed by atoms with van der Waals surface area (Å²) in [6.07, 6.45) is 0. The van der Waals surface area contributed by atoms with E-state index in [1.54, 1.807) is 6.92 Å². The van der Waals surface area contributed by atoms with Crippen LogP contribution < -0.4 is 5.32 Å². The van der Waals surface area contributed by atoms with E-state index in [4.69, 9.17) is 11.6 Å². The van der Waals surface area contributed by atoms with E-state index in [9.17, 15) is 14.4 Å². The summed E-state index contributed by atoms with van der Waals surface area (Å²) in [7, 11) is 1.36. The quantitative estimate of drug-likeness (QED) is 0.627. The normalized spacial score (nSPS) is 23.6. The molecule has 0 aromatic carbocycles. The lowest BCUT2D eigenvalue weighted by molar-refractivity contribution is -0.138. The van der Waals surface area contributed by atoms with Crippen molar-refractivity contribution in [2.24, 2.45) is 11.8 Å². The Morgan fingerprint density at radius 1 is 1.39 bits per heavy atom.